The first kappa shape index (κ1) is 14.5. The van der Waals surface area contributed by atoms with Crippen molar-refractivity contribution in [3.63, 3.8) is 0 Å². The molecule has 0 aromatic carbocycles. The summed E-state index contributed by atoms with van der Waals surface area (Å²) in [5.74, 6) is -0.248. The second-order valence-corrected chi connectivity index (χ2v) is 6.14. The van der Waals surface area contributed by atoms with Crippen LogP contribution in [0.4, 0.5) is 0 Å². The third-order valence-electron chi connectivity index (χ3n) is 4.72. The molecule has 1 saturated carbocycles. The first-order valence-corrected chi connectivity index (χ1v) is 8.09. The minimum absolute atomic E-state index is 0.0219. The highest BCUT2D eigenvalue weighted by atomic mass is 16.2. The number of unbranched alkanes of at least 4 members (excludes halogenated alkanes) is 1. The summed E-state index contributed by atoms with van der Waals surface area (Å²) < 4.78 is 0. The van der Waals surface area contributed by atoms with E-state index in [4.69, 9.17) is 0 Å². The topological polar surface area (TPSA) is 37.4 Å². The van der Waals surface area contributed by atoms with Crippen molar-refractivity contribution in [1.82, 2.24) is 4.90 Å². The number of ketones is 1. The van der Waals surface area contributed by atoms with Crippen LogP contribution in [0.25, 0.3) is 0 Å². The van der Waals surface area contributed by atoms with Gasteiger partial charge in [0.15, 0.2) is 0 Å². The zero-order chi connectivity index (χ0) is 13.7. The number of Topliss-reactive ketones (excluding diaryl/α,β-unsaturated/α-hetero) is 1. The molecule has 1 amide bonds. The lowest BCUT2D eigenvalue weighted by atomic mass is 9.85. The van der Waals surface area contributed by atoms with Crippen molar-refractivity contribution in [3.8, 4) is 0 Å². The highest BCUT2D eigenvalue weighted by molar-refractivity contribution is 6.37. The molecule has 0 bridgehead atoms. The average molecular weight is 265 g/mol. The van der Waals surface area contributed by atoms with Crippen molar-refractivity contribution in [2.24, 2.45) is 5.92 Å². The van der Waals surface area contributed by atoms with Gasteiger partial charge in [-0.05, 0) is 32.1 Å². The Labute approximate surface area is 116 Å². The highest BCUT2D eigenvalue weighted by Crippen LogP contribution is 2.27. The SMILES string of the molecule is CCCCC1CCCN1C(=O)C(=O)C1CCCCC1. The van der Waals surface area contributed by atoms with Crippen LogP contribution in [0.15, 0.2) is 0 Å². The fraction of sp³-hybridized carbons (Fsp3) is 0.875. The van der Waals surface area contributed by atoms with Gasteiger partial charge in [-0.2, -0.15) is 0 Å². The molecule has 3 nitrogen and oxygen atoms in total. The predicted molar refractivity (Wildman–Crippen MR) is 75.8 cm³/mol. The molecule has 1 unspecified atom stereocenters. The number of likely N-dealkylation sites (tertiary alicyclic amines) is 1. The molecule has 0 aromatic heterocycles. The first-order chi connectivity index (χ1) is 9.24. The van der Waals surface area contributed by atoms with Crippen LogP contribution in [-0.4, -0.2) is 29.2 Å². The quantitative estimate of drug-likeness (QED) is 0.715. The van der Waals surface area contributed by atoms with Gasteiger partial charge in [0, 0.05) is 18.5 Å². The minimum atomic E-state index is -0.175. The Bertz CT molecular complexity index is 321. The number of carbonyl (C=O) groups is 2. The summed E-state index contributed by atoms with van der Waals surface area (Å²) in [7, 11) is 0. The molecular formula is C16H27NO2. The maximum atomic E-state index is 12.4. The number of hydrogen-bond donors (Lipinski definition) is 0. The minimum Gasteiger partial charge on any atom is -0.333 e. The lowest BCUT2D eigenvalue weighted by Crippen LogP contribution is -2.42. The van der Waals surface area contributed by atoms with Gasteiger partial charge in [-0.25, -0.2) is 0 Å². The van der Waals surface area contributed by atoms with Gasteiger partial charge in [0.05, 0.1) is 0 Å². The first-order valence-electron chi connectivity index (χ1n) is 8.09. The number of hydrogen-bond acceptors (Lipinski definition) is 2. The van der Waals surface area contributed by atoms with E-state index in [0.717, 1.165) is 64.3 Å². The zero-order valence-corrected chi connectivity index (χ0v) is 12.2. The maximum absolute atomic E-state index is 12.4. The number of rotatable bonds is 5. The molecule has 108 valence electrons. The van der Waals surface area contributed by atoms with Crippen LogP contribution < -0.4 is 0 Å². The molecule has 3 heteroatoms. The Kier molecular flexibility index (Phi) is 5.41. The largest absolute Gasteiger partial charge is 0.333 e. The van der Waals surface area contributed by atoms with Crippen molar-refractivity contribution in [2.75, 3.05) is 6.54 Å². The molecule has 1 aliphatic heterocycles. The van der Waals surface area contributed by atoms with Crippen molar-refractivity contribution < 1.29 is 9.59 Å². The Morgan fingerprint density at radius 2 is 1.79 bits per heavy atom. The molecular weight excluding hydrogens is 238 g/mol. The lowest BCUT2D eigenvalue weighted by Gasteiger charge is -2.27. The van der Waals surface area contributed by atoms with Gasteiger partial charge >= 0.3 is 0 Å². The van der Waals surface area contributed by atoms with Crippen LogP contribution in [0.5, 0.6) is 0 Å². The summed E-state index contributed by atoms with van der Waals surface area (Å²) in [6.07, 6.45) is 10.9. The van der Waals surface area contributed by atoms with E-state index in [9.17, 15) is 9.59 Å². The van der Waals surface area contributed by atoms with Crippen LogP contribution in [0.2, 0.25) is 0 Å². The van der Waals surface area contributed by atoms with Crippen LogP contribution in [0, 0.1) is 5.92 Å². The Morgan fingerprint density at radius 3 is 2.47 bits per heavy atom. The van der Waals surface area contributed by atoms with Crippen molar-refractivity contribution in [2.45, 2.75) is 77.2 Å². The predicted octanol–water partition coefficient (Wildman–Crippen LogP) is 3.32. The molecule has 0 N–H and O–H groups in total. The third kappa shape index (κ3) is 3.58. The van der Waals surface area contributed by atoms with Crippen molar-refractivity contribution in [3.05, 3.63) is 0 Å². The maximum Gasteiger partial charge on any atom is 0.290 e. The van der Waals surface area contributed by atoms with Crippen LogP contribution >= 0.6 is 0 Å². The van der Waals surface area contributed by atoms with Crippen LogP contribution in [0.1, 0.15) is 71.1 Å². The normalized spacial score (nSPS) is 24.7. The fourth-order valence-electron chi connectivity index (χ4n) is 3.52. The zero-order valence-electron chi connectivity index (χ0n) is 12.2. The van der Waals surface area contributed by atoms with E-state index in [-0.39, 0.29) is 17.6 Å². The number of amides is 1. The second-order valence-electron chi connectivity index (χ2n) is 6.14. The van der Waals surface area contributed by atoms with Crippen LogP contribution in [0.3, 0.4) is 0 Å². The molecule has 0 aromatic rings. The van der Waals surface area contributed by atoms with Gasteiger partial charge < -0.3 is 4.90 Å². The molecule has 2 rings (SSSR count). The Balaban J connectivity index is 1.91. The second kappa shape index (κ2) is 7.06. The van der Waals surface area contributed by atoms with Gasteiger partial charge in [0.1, 0.15) is 0 Å². The molecule has 1 atom stereocenters. The van der Waals surface area contributed by atoms with E-state index in [0.29, 0.717) is 6.04 Å². The average Bonchev–Trinajstić information content (AvgIpc) is 2.92. The summed E-state index contributed by atoms with van der Waals surface area (Å²) in [5.41, 5.74) is 0. The third-order valence-corrected chi connectivity index (χ3v) is 4.72. The Morgan fingerprint density at radius 1 is 1.05 bits per heavy atom. The van der Waals surface area contributed by atoms with E-state index in [1.807, 2.05) is 4.90 Å². The summed E-state index contributed by atoms with van der Waals surface area (Å²) in [6, 6.07) is 0.333. The molecule has 1 saturated heterocycles. The van der Waals surface area contributed by atoms with E-state index in [1.54, 1.807) is 0 Å². The summed E-state index contributed by atoms with van der Waals surface area (Å²) in [5, 5.41) is 0. The number of carbonyl (C=O) groups excluding carboxylic acids is 2. The van der Waals surface area contributed by atoms with Gasteiger partial charge in [0.2, 0.25) is 5.78 Å². The van der Waals surface area contributed by atoms with Gasteiger partial charge in [-0.15, -0.1) is 0 Å². The molecule has 1 heterocycles. The van der Waals surface area contributed by atoms with E-state index >= 15 is 0 Å². The van der Waals surface area contributed by atoms with Crippen LogP contribution in [-0.2, 0) is 9.59 Å². The van der Waals surface area contributed by atoms with E-state index in [1.165, 1.54) is 6.42 Å². The van der Waals surface area contributed by atoms with E-state index < -0.39 is 0 Å². The van der Waals surface area contributed by atoms with Gasteiger partial charge in [0.25, 0.3) is 5.91 Å². The summed E-state index contributed by atoms with van der Waals surface area (Å²) in [6.45, 7) is 2.97. The number of nitrogens with zero attached hydrogens (tertiary/aromatic N) is 1. The smallest absolute Gasteiger partial charge is 0.290 e. The lowest BCUT2D eigenvalue weighted by molar-refractivity contribution is -0.147. The van der Waals surface area contributed by atoms with E-state index in [2.05, 4.69) is 6.92 Å². The summed E-state index contributed by atoms with van der Waals surface area (Å²) in [4.78, 5) is 26.6. The Hall–Kier alpha value is -0.860. The molecule has 0 radical (unpaired) electrons. The van der Waals surface area contributed by atoms with Gasteiger partial charge in [-0.1, -0.05) is 39.0 Å². The molecule has 1 aliphatic carbocycles. The summed E-state index contributed by atoms with van der Waals surface area (Å²) >= 11 is 0. The monoisotopic (exact) mass is 265 g/mol. The highest BCUT2D eigenvalue weighted by Gasteiger charge is 2.35. The standard InChI is InChI=1S/C16H27NO2/c1-2-3-10-14-11-7-12-17(14)16(19)15(18)13-8-5-4-6-9-13/h13-14H,2-12H2,1H3. The molecule has 2 fully saturated rings. The molecule has 19 heavy (non-hydrogen) atoms. The fourth-order valence-corrected chi connectivity index (χ4v) is 3.52. The van der Waals surface area contributed by atoms with Gasteiger partial charge in [-0.3, -0.25) is 9.59 Å². The molecule has 2 aliphatic rings. The molecule has 0 spiro atoms. The van der Waals surface area contributed by atoms with Crippen molar-refractivity contribution >= 4 is 11.7 Å². The van der Waals surface area contributed by atoms with Crippen molar-refractivity contribution in [1.29, 1.82) is 0 Å².